The first kappa shape index (κ1) is 16.1. The van der Waals surface area contributed by atoms with Crippen molar-refractivity contribution in [3.63, 3.8) is 0 Å². The fraction of sp³-hybridized carbons (Fsp3) is 0.538. The molecule has 8 heteroatoms. The average molecular weight is 320 g/mol. The van der Waals surface area contributed by atoms with E-state index < -0.39 is 15.6 Å². The number of nitrogens with zero attached hydrogens (tertiary/aromatic N) is 2. The van der Waals surface area contributed by atoms with Gasteiger partial charge in [0.2, 0.25) is 9.84 Å². The van der Waals surface area contributed by atoms with Gasteiger partial charge in [-0.25, -0.2) is 8.42 Å². The van der Waals surface area contributed by atoms with Gasteiger partial charge in [-0.3, -0.25) is 4.90 Å². The largest absolute Gasteiger partial charge is 0.395 e. The smallest absolute Gasteiger partial charge is 0.341 e. The van der Waals surface area contributed by atoms with Gasteiger partial charge in [-0.2, -0.15) is 8.78 Å². The van der Waals surface area contributed by atoms with Crippen LogP contribution in [0, 0.1) is 0 Å². The zero-order valence-corrected chi connectivity index (χ0v) is 12.3. The molecule has 1 N–H and O–H groups in total. The van der Waals surface area contributed by atoms with Crippen LogP contribution in [0.5, 0.6) is 0 Å². The van der Waals surface area contributed by atoms with Gasteiger partial charge in [0.15, 0.2) is 0 Å². The molecule has 0 spiro atoms. The summed E-state index contributed by atoms with van der Waals surface area (Å²) in [6.45, 7) is 3.87. The van der Waals surface area contributed by atoms with Crippen LogP contribution in [0.2, 0.25) is 0 Å². The van der Waals surface area contributed by atoms with Gasteiger partial charge < -0.3 is 10.0 Å². The molecule has 5 nitrogen and oxygen atoms in total. The van der Waals surface area contributed by atoms with Crippen LogP contribution in [0.3, 0.4) is 0 Å². The van der Waals surface area contributed by atoms with Crippen LogP contribution in [-0.4, -0.2) is 63.5 Å². The SMILES string of the molecule is O=S(=O)(c1ccc(N2CCN(CCO)CC2)cc1)C(F)F. The van der Waals surface area contributed by atoms with E-state index in [0.29, 0.717) is 6.54 Å². The maximum absolute atomic E-state index is 12.4. The minimum atomic E-state index is -4.53. The van der Waals surface area contributed by atoms with Crippen LogP contribution < -0.4 is 4.90 Å². The van der Waals surface area contributed by atoms with E-state index in [1.807, 2.05) is 0 Å². The Hall–Kier alpha value is -1.25. The lowest BCUT2D eigenvalue weighted by Crippen LogP contribution is -2.47. The number of aliphatic hydroxyl groups is 1. The van der Waals surface area contributed by atoms with E-state index in [0.717, 1.165) is 31.9 Å². The summed E-state index contributed by atoms with van der Waals surface area (Å²) in [7, 11) is -4.53. The van der Waals surface area contributed by atoms with Crippen LogP contribution in [0.25, 0.3) is 0 Å². The number of piperazine rings is 1. The molecule has 0 aliphatic carbocycles. The second-order valence-corrected chi connectivity index (χ2v) is 6.77. The summed E-state index contributed by atoms with van der Waals surface area (Å²) >= 11 is 0. The summed E-state index contributed by atoms with van der Waals surface area (Å²) < 4.78 is 47.6. The monoisotopic (exact) mass is 320 g/mol. The average Bonchev–Trinajstić information content (AvgIpc) is 2.48. The molecule has 1 fully saturated rings. The lowest BCUT2D eigenvalue weighted by atomic mass is 10.2. The van der Waals surface area contributed by atoms with Gasteiger partial charge in [0.05, 0.1) is 11.5 Å². The molecule has 118 valence electrons. The molecule has 0 radical (unpaired) electrons. The van der Waals surface area contributed by atoms with E-state index in [-0.39, 0.29) is 11.5 Å². The Bertz CT molecular complexity index is 555. The predicted octanol–water partition coefficient (Wildman–Crippen LogP) is 0.797. The van der Waals surface area contributed by atoms with Gasteiger partial charge >= 0.3 is 5.76 Å². The Morgan fingerprint density at radius 3 is 2.14 bits per heavy atom. The Morgan fingerprint density at radius 2 is 1.67 bits per heavy atom. The van der Waals surface area contributed by atoms with E-state index in [4.69, 9.17) is 5.11 Å². The minimum Gasteiger partial charge on any atom is -0.395 e. The predicted molar refractivity (Wildman–Crippen MR) is 75.4 cm³/mol. The molecule has 0 saturated carbocycles. The normalized spacial score (nSPS) is 17.4. The third-order valence-electron chi connectivity index (χ3n) is 3.55. The van der Waals surface area contributed by atoms with Crippen molar-refractivity contribution in [2.75, 3.05) is 44.2 Å². The first-order valence-electron chi connectivity index (χ1n) is 6.65. The summed E-state index contributed by atoms with van der Waals surface area (Å²) in [5.41, 5.74) is 0.812. The fourth-order valence-corrected chi connectivity index (χ4v) is 3.04. The highest BCUT2D eigenvalue weighted by molar-refractivity contribution is 7.91. The van der Waals surface area contributed by atoms with Gasteiger partial charge in [-0.1, -0.05) is 0 Å². The summed E-state index contributed by atoms with van der Waals surface area (Å²) in [4.78, 5) is 3.83. The molecule has 1 aliphatic rings. The number of hydrogen-bond acceptors (Lipinski definition) is 5. The van der Waals surface area contributed by atoms with Gasteiger partial charge in [0, 0.05) is 38.4 Å². The van der Waals surface area contributed by atoms with Gasteiger partial charge in [-0.05, 0) is 24.3 Å². The summed E-state index contributed by atoms with van der Waals surface area (Å²) in [6, 6.07) is 5.54. The number of benzene rings is 1. The number of rotatable bonds is 5. The first-order chi connectivity index (χ1) is 9.95. The van der Waals surface area contributed by atoms with Crippen molar-refractivity contribution < 1.29 is 22.3 Å². The number of halogens is 2. The van der Waals surface area contributed by atoms with E-state index in [9.17, 15) is 17.2 Å². The lowest BCUT2D eigenvalue weighted by molar-refractivity contribution is 0.189. The Morgan fingerprint density at radius 1 is 1.10 bits per heavy atom. The van der Waals surface area contributed by atoms with Crippen LogP contribution >= 0.6 is 0 Å². The lowest BCUT2D eigenvalue weighted by Gasteiger charge is -2.35. The van der Waals surface area contributed by atoms with Gasteiger partial charge in [-0.15, -0.1) is 0 Å². The second-order valence-electron chi connectivity index (χ2n) is 4.85. The standard InChI is InChI=1S/C13H18F2N2O3S/c14-13(15)21(19,20)12-3-1-11(2-4-12)17-7-5-16(6-8-17)9-10-18/h1-4,13,18H,5-10H2. The number of aliphatic hydroxyl groups excluding tert-OH is 1. The minimum absolute atomic E-state index is 0.125. The molecule has 0 bridgehead atoms. The van der Waals surface area contributed by atoms with Crippen molar-refractivity contribution >= 4 is 15.5 Å². The number of β-amino-alcohol motifs (C(OH)–C–C–N with tert-alkyl or cyclic N) is 1. The van der Waals surface area contributed by atoms with Crippen molar-refractivity contribution in [3.8, 4) is 0 Å². The molecule has 1 aromatic rings. The Kier molecular flexibility index (Phi) is 5.13. The van der Waals surface area contributed by atoms with Crippen molar-refractivity contribution in [1.29, 1.82) is 0 Å². The quantitative estimate of drug-likeness (QED) is 0.869. The molecule has 0 aromatic heterocycles. The maximum Gasteiger partial charge on any atom is 0.341 e. The van der Waals surface area contributed by atoms with E-state index in [2.05, 4.69) is 9.80 Å². The molecule has 1 saturated heterocycles. The van der Waals surface area contributed by atoms with E-state index >= 15 is 0 Å². The Labute approximate surface area is 122 Å². The van der Waals surface area contributed by atoms with Crippen LogP contribution in [-0.2, 0) is 9.84 Å². The molecule has 21 heavy (non-hydrogen) atoms. The van der Waals surface area contributed by atoms with Crippen molar-refractivity contribution in [2.45, 2.75) is 10.7 Å². The molecular weight excluding hydrogens is 302 g/mol. The number of alkyl halides is 2. The van der Waals surface area contributed by atoms with Crippen LogP contribution in [0.15, 0.2) is 29.2 Å². The molecular formula is C13H18F2N2O3S. The maximum atomic E-state index is 12.4. The van der Waals surface area contributed by atoms with Gasteiger partial charge in [0.25, 0.3) is 0 Å². The molecule has 1 heterocycles. The van der Waals surface area contributed by atoms with E-state index in [1.165, 1.54) is 12.1 Å². The summed E-state index contributed by atoms with van der Waals surface area (Å²) in [6.07, 6.45) is 0. The first-order valence-corrected chi connectivity index (χ1v) is 8.20. The number of hydrogen-bond donors (Lipinski definition) is 1. The zero-order valence-electron chi connectivity index (χ0n) is 11.5. The summed E-state index contributed by atoms with van der Waals surface area (Å²) in [5.74, 6) is -3.40. The molecule has 0 unspecified atom stereocenters. The fourth-order valence-electron chi connectivity index (χ4n) is 2.32. The van der Waals surface area contributed by atoms with Gasteiger partial charge in [0.1, 0.15) is 0 Å². The summed E-state index contributed by atoms with van der Waals surface area (Å²) in [5, 5.41) is 8.88. The molecule has 1 aliphatic heterocycles. The third-order valence-corrected chi connectivity index (χ3v) is 4.95. The molecule has 1 aromatic carbocycles. The van der Waals surface area contributed by atoms with Crippen LogP contribution in [0.1, 0.15) is 0 Å². The van der Waals surface area contributed by atoms with Crippen LogP contribution in [0.4, 0.5) is 14.5 Å². The molecule has 0 atom stereocenters. The van der Waals surface area contributed by atoms with Crippen molar-refractivity contribution in [2.24, 2.45) is 0 Å². The third kappa shape index (κ3) is 3.69. The zero-order chi connectivity index (χ0) is 15.5. The van der Waals surface area contributed by atoms with E-state index in [1.54, 1.807) is 12.1 Å². The van der Waals surface area contributed by atoms with Crippen molar-refractivity contribution in [3.05, 3.63) is 24.3 Å². The highest BCUT2D eigenvalue weighted by Gasteiger charge is 2.26. The highest BCUT2D eigenvalue weighted by Crippen LogP contribution is 2.22. The second kappa shape index (κ2) is 6.67. The highest BCUT2D eigenvalue weighted by atomic mass is 32.2. The topological polar surface area (TPSA) is 60.9 Å². The number of sulfone groups is 1. The Balaban J connectivity index is 2.04. The number of anilines is 1. The molecule has 0 amide bonds. The molecule has 2 rings (SSSR count). The van der Waals surface area contributed by atoms with Crippen molar-refractivity contribution in [1.82, 2.24) is 4.90 Å².